The van der Waals surface area contributed by atoms with Gasteiger partial charge in [-0.3, -0.25) is 14.2 Å². The first-order valence-electron chi connectivity index (χ1n) is 6.90. The number of carbonyl (C=O) groups is 1. The van der Waals surface area contributed by atoms with Crippen LogP contribution in [0.4, 0.5) is 0 Å². The predicted molar refractivity (Wildman–Crippen MR) is 92.2 cm³/mol. The minimum atomic E-state index is -1.09. The van der Waals surface area contributed by atoms with Gasteiger partial charge in [-0.1, -0.05) is 23.9 Å². The zero-order valence-electron chi connectivity index (χ0n) is 12.3. The summed E-state index contributed by atoms with van der Waals surface area (Å²) in [6.07, 6.45) is 0. The van der Waals surface area contributed by atoms with Crippen molar-refractivity contribution >= 4 is 39.3 Å². The molecule has 0 fully saturated rings. The van der Waals surface area contributed by atoms with Gasteiger partial charge in [0, 0.05) is 5.75 Å². The van der Waals surface area contributed by atoms with Gasteiger partial charge in [0.25, 0.3) is 5.56 Å². The quantitative estimate of drug-likeness (QED) is 0.557. The van der Waals surface area contributed by atoms with Gasteiger partial charge in [-0.2, -0.15) is 5.26 Å². The van der Waals surface area contributed by atoms with Crippen LogP contribution in [0.1, 0.15) is 11.1 Å². The molecule has 0 bridgehead atoms. The molecule has 120 valence electrons. The number of carboxylic acids is 1. The third kappa shape index (κ3) is 3.32. The molecule has 0 saturated heterocycles. The van der Waals surface area contributed by atoms with Crippen LogP contribution >= 0.6 is 23.1 Å². The third-order valence-electron chi connectivity index (χ3n) is 3.28. The number of aliphatic carboxylic acids is 1. The van der Waals surface area contributed by atoms with E-state index in [4.69, 9.17) is 10.4 Å². The lowest BCUT2D eigenvalue weighted by atomic mass is 10.2. The molecular formula is C16H11N3O3S2. The van der Waals surface area contributed by atoms with Gasteiger partial charge in [0.05, 0.1) is 17.1 Å². The van der Waals surface area contributed by atoms with Crippen molar-refractivity contribution in [3.05, 3.63) is 57.2 Å². The Bertz CT molecular complexity index is 1000. The van der Waals surface area contributed by atoms with Crippen LogP contribution in [0.15, 0.2) is 45.7 Å². The maximum absolute atomic E-state index is 12.5. The van der Waals surface area contributed by atoms with Crippen LogP contribution in [0.2, 0.25) is 0 Å². The molecule has 0 unspecified atom stereocenters. The van der Waals surface area contributed by atoms with Crippen LogP contribution < -0.4 is 5.56 Å². The van der Waals surface area contributed by atoms with Gasteiger partial charge in [0.1, 0.15) is 11.2 Å². The summed E-state index contributed by atoms with van der Waals surface area (Å²) in [7, 11) is 0. The lowest BCUT2D eigenvalue weighted by molar-refractivity contribution is -0.137. The van der Waals surface area contributed by atoms with Crippen molar-refractivity contribution in [2.24, 2.45) is 0 Å². The Labute approximate surface area is 145 Å². The molecule has 0 radical (unpaired) electrons. The van der Waals surface area contributed by atoms with Gasteiger partial charge in [0.2, 0.25) is 0 Å². The fourth-order valence-electron chi connectivity index (χ4n) is 2.13. The number of rotatable bonds is 5. The van der Waals surface area contributed by atoms with E-state index in [1.807, 2.05) is 12.1 Å². The summed E-state index contributed by atoms with van der Waals surface area (Å²) in [6.45, 7) is -0.421. The summed E-state index contributed by atoms with van der Waals surface area (Å²) >= 11 is 2.55. The van der Waals surface area contributed by atoms with Gasteiger partial charge >= 0.3 is 5.97 Å². The molecular weight excluding hydrogens is 346 g/mol. The molecule has 0 aliphatic heterocycles. The van der Waals surface area contributed by atoms with Crippen molar-refractivity contribution < 1.29 is 9.90 Å². The number of hydrogen-bond donors (Lipinski definition) is 1. The Hall–Kier alpha value is -2.63. The van der Waals surface area contributed by atoms with Gasteiger partial charge in [-0.25, -0.2) is 4.98 Å². The predicted octanol–water partition coefficient (Wildman–Crippen LogP) is 2.71. The first-order chi connectivity index (χ1) is 11.6. The van der Waals surface area contributed by atoms with E-state index in [-0.39, 0.29) is 5.56 Å². The van der Waals surface area contributed by atoms with Crippen LogP contribution in [0, 0.1) is 11.3 Å². The minimum absolute atomic E-state index is 0.334. The zero-order chi connectivity index (χ0) is 17.1. The molecule has 3 rings (SSSR count). The fraction of sp³-hybridized carbons (Fsp3) is 0.125. The summed E-state index contributed by atoms with van der Waals surface area (Å²) in [5, 5.41) is 20.0. The van der Waals surface area contributed by atoms with Crippen LogP contribution in [-0.4, -0.2) is 20.6 Å². The van der Waals surface area contributed by atoms with E-state index in [1.54, 1.807) is 23.6 Å². The number of thiophene rings is 1. The molecule has 24 heavy (non-hydrogen) atoms. The Morgan fingerprint density at radius 1 is 1.33 bits per heavy atom. The number of aromatic nitrogens is 2. The largest absolute Gasteiger partial charge is 0.480 e. The molecule has 2 heterocycles. The van der Waals surface area contributed by atoms with Crippen molar-refractivity contribution in [1.82, 2.24) is 9.55 Å². The van der Waals surface area contributed by atoms with Crippen molar-refractivity contribution in [1.29, 1.82) is 5.26 Å². The molecule has 2 aromatic heterocycles. The maximum Gasteiger partial charge on any atom is 0.323 e. The first kappa shape index (κ1) is 16.2. The van der Waals surface area contributed by atoms with E-state index in [0.717, 1.165) is 5.56 Å². The Morgan fingerprint density at radius 2 is 2.08 bits per heavy atom. The average molecular weight is 357 g/mol. The second-order valence-corrected chi connectivity index (χ2v) is 6.77. The van der Waals surface area contributed by atoms with E-state index in [1.165, 1.54) is 27.7 Å². The van der Waals surface area contributed by atoms with Crippen molar-refractivity contribution in [2.45, 2.75) is 17.5 Å². The van der Waals surface area contributed by atoms with Gasteiger partial charge in [-0.05, 0) is 29.1 Å². The number of hydrogen-bond acceptors (Lipinski definition) is 6. The number of thioether (sulfide) groups is 1. The molecule has 6 nitrogen and oxygen atoms in total. The summed E-state index contributed by atoms with van der Waals surface area (Å²) in [4.78, 5) is 27.9. The molecule has 8 heteroatoms. The number of nitriles is 1. The monoisotopic (exact) mass is 357 g/mol. The van der Waals surface area contributed by atoms with E-state index >= 15 is 0 Å². The normalized spacial score (nSPS) is 10.6. The van der Waals surface area contributed by atoms with E-state index in [0.29, 0.717) is 26.7 Å². The fourth-order valence-corrected chi connectivity index (χ4v) is 3.86. The Morgan fingerprint density at radius 3 is 2.75 bits per heavy atom. The molecule has 0 aliphatic rings. The summed E-state index contributed by atoms with van der Waals surface area (Å²) in [6, 6.07) is 10.9. The Balaban J connectivity index is 1.93. The summed E-state index contributed by atoms with van der Waals surface area (Å²) in [5.41, 5.74) is 1.78. The highest BCUT2D eigenvalue weighted by molar-refractivity contribution is 7.98. The standard InChI is InChI=1S/C16H11N3O3S2/c17-7-10-1-3-11(4-2-10)9-24-16-18-12-5-6-23-14(12)15(22)19(16)8-13(20)21/h1-6H,8-9H2,(H,20,21). The molecule has 0 atom stereocenters. The Kier molecular flexibility index (Phi) is 4.64. The minimum Gasteiger partial charge on any atom is -0.480 e. The van der Waals surface area contributed by atoms with E-state index < -0.39 is 12.5 Å². The van der Waals surface area contributed by atoms with E-state index in [2.05, 4.69) is 11.1 Å². The summed E-state index contributed by atoms with van der Waals surface area (Å²) in [5.74, 6) is -0.567. The third-order valence-corrected chi connectivity index (χ3v) is 5.21. The number of nitrogens with zero attached hydrogens (tertiary/aromatic N) is 3. The average Bonchev–Trinajstić information content (AvgIpc) is 3.05. The second-order valence-electron chi connectivity index (χ2n) is 4.91. The topological polar surface area (TPSA) is 96.0 Å². The van der Waals surface area contributed by atoms with Gasteiger partial charge in [0.15, 0.2) is 5.16 Å². The molecule has 3 aromatic rings. The molecule has 1 aromatic carbocycles. The van der Waals surface area contributed by atoms with Crippen molar-refractivity contribution in [3.63, 3.8) is 0 Å². The van der Waals surface area contributed by atoms with Gasteiger partial charge < -0.3 is 5.11 Å². The highest BCUT2D eigenvalue weighted by atomic mass is 32.2. The zero-order valence-corrected chi connectivity index (χ0v) is 13.9. The maximum atomic E-state index is 12.5. The number of benzene rings is 1. The first-order valence-corrected chi connectivity index (χ1v) is 8.76. The van der Waals surface area contributed by atoms with Gasteiger partial charge in [-0.15, -0.1) is 11.3 Å². The smallest absolute Gasteiger partial charge is 0.323 e. The molecule has 0 saturated carbocycles. The lowest BCUT2D eigenvalue weighted by Gasteiger charge is -2.10. The lowest BCUT2D eigenvalue weighted by Crippen LogP contribution is -2.26. The van der Waals surface area contributed by atoms with Crippen molar-refractivity contribution in [3.8, 4) is 6.07 Å². The highest BCUT2D eigenvalue weighted by Crippen LogP contribution is 2.24. The molecule has 1 N–H and O–H groups in total. The second kappa shape index (κ2) is 6.86. The highest BCUT2D eigenvalue weighted by Gasteiger charge is 2.15. The number of fused-ring (bicyclic) bond motifs is 1. The van der Waals surface area contributed by atoms with Crippen LogP contribution in [0.5, 0.6) is 0 Å². The van der Waals surface area contributed by atoms with Crippen molar-refractivity contribution in [2.75, 3.05) is 0 Å². The SMILES string of the molecule is N#Cc1ccc(CSc2nc3ccsc3c(=O)n2CC(=O)O)cc1. The van der Waals surface area contributed by atoms with E-state index in [9.17, 15) is 9.59 Å². The van der Waals surface area contributed by atoms with Crippen LogP contribution in [0.3, 0.4) is 0 Å². The summed E-state index contributed by atoms with van der Waals surface area (Å²) < 4.78 is 1.65. The van der Waals surface area contributed by atoms with Crippen LogP contribution in [0.25, 0.3) is 10.2 Å². The molecule has 0 spiro atoms. The van der Waals surface area contributed by atoms with Crippen LogP contribution in [-0.2, 0) is 17.1 Å². The molecule has 0 amide bonds. The molecule has 0 aliphatic carbocycles. The number of carboxylic acid groups (broad SMARTS) is 1.